The maximum Gasteiger partial charge on any atom is 0.305 e. The summed E-state index contributed by atoms with van der Waals surface area (Å²) in [5.74, 6) is -0.0929. The second-order valence-corrected chi connectivity index (χ2v) is 6.27. The number of unbranched alkanes of at least 4 members (excludes halogenated alkanes) is 2. The zero-order valence-corrected chi connectivity index (χ0v) is 12.7. The van der Waals surface area contributed by atoms with Crippen molar-refractivity contribution in [2.75, 3.05) is 26.0 Å². The number of esters is 1. The second-order valence-electron chi connectivity index (χ2n) is 4.46. The molecule has 18 heavy (non-hydrogen) atoms. The first-order valence-electron chi connectivity index (χ1n) is 6.76. The van der Waals surface area contributed by atoms with Crippen molar-refractivity contribution in [3.63, 3.8) is 0 Å². The first-order valence-corrected chi connectivity index (χ1v) is 8.38. The molecule has 0 spiro atoms. The Morgan fingerprint density at radius 2 is 2.00 bits per heavy atom. The van der Waals surface area contributed by atoms with Crippen molar-refractivity contribution in [1.82, 2.24) is 5.32 Å². The van der Waals surface area contributed by atoms with Crippen molar-refractivity contribution < 1.29 is 13.7 Å². The van der Waals surface area contributed by atoms with Gasteiger partial charge < -0.3 is 10.1 Å². The predicted molar refractivity (Wildman–Crippen MR) is 76.1 cm³/mol. The summed E-state index contributed by atoms with van der Waals surface area (Å²) in [4.78, 5) is 11.1. The summed E-state index contributed by atoms with van der Waals surface area (Å²) in [7, 11) is -0.719. The monoisotopic (exact) mass is 277 g/mol. The fraction of sp³-hybridized carbons (Fsp3) is 0.923. The van der Waals surface area contributed by atoms with Crippen LogP contribution in [0.1, 0.15) is 46.0 Å². The van der Waals surface area contributed by atoms with E-state index in [0.717, 1.165) is 38.8 Å². The van der Waals surface area contributed by atoms with E-state index in [2.05, 4.69) is 5.32 Å². The normalized spacial score (nSPS) is 14.2. The summed E-state index contributed by atoms with van der Waals surface area (Å²) in [6.45, 7) is 6.19. The van der Waals surface area contributed by atoms with Gasteiger partial charge in [-0.3, -0.25) is 9.00 Å². The van der Waals surface area contributed by atoms with Crippen LogP contribution in [0.3, 0.4) is 0 Å². The molecule has 0 aromatic heterocycles. The summed E-state index contributed by atoms with van der Waals surface area (Å²) in [5.41, 5.74) is 0. The molecule has 0 rings (SSSR count). The zero-order chi connectivity index (χ0) is 13.8. The van der Waals surface area contributed by atoms with E-state index >= 15 is 0 Å². The molecule has 1 N–H and O–H groups in total. The van der Waals surface area contributed by atoms with E-state index in [9.17, 15) is 9.00 Å². The third-order valence-corrected chi connectivity index (χ3v) is 4.20. The summed E-state index contributed by atoms with van der Waals surface area (Å²) in [6, 6.07) is 0. The van der Waals surface area contributed by atoms with Gasteiger partial charge in [0.25, 0.3) is 0 Å². The SMILES string of the molecule is CCOC(=O)CCCCCNCCC(C)S(C)=O. The van der Waals surface area contributed by atoms with Crippen LogP contribution in [0.5, 0.6) is 0 Å². The average Bonchev–Trinajstić information content (AvgIpc) is 2.32. The van der Waals surface area contributed by atoms with Crippen molar-refractivity contribution in [3.05, 3.63) is 0 Å². The molecule has 0 aliphatic heterocycles. The molecular weight excluding hydrogens is 250 g/mol. The maximum absolute atomic E-state index is 11.1. The molecule has 0 fully saturated rings. The van der Waals surface area contributed by atoms with E-state index in [1.54, 1.807) is 6.26 Å². The van der Waals surface area contributed by atoms with Crippen LogP contribution in [-0.2, 0) is 20.3 Å². The Morgan fingerprint density at radius 3 is 2.61 bits per heavy atom. The predicted octanol–water partition coefficient (Wildman–Crippen LogP) is 1.86. The molecule has 0 saturated carbocycles. The minimum Gasteiger partial charge on any atom is -0.466 e. The molecule has 0 aromatic carbocycles. The molecule has 0 heterocycles. The lowest BCUT2D eigenvalue weighted by Gasteiger charge is -2.09. The van der Waals surface area contributed by atoms with E-state index in [0.29, 0.717) is 13.0 Å². The van der Waals surface area contributed by atoms with Crippen LogP contribution in [0, 0.1) is 0 Å². The summed E-state index contributed by atoms with van der Waals surface area (Å²) >= 11 is 0. The lowest BCUT2D eigenvalue weighted by atomic mass is 10.2. The van der Waals surface area contributed by atoms with E-state index < -0.39 is 10.8 Å². The summed E-state index contributed by atoms with van der Waals surface area (Å²) < 4.78 is 16.0. The fourth-order valence-corrected chi connectivity index (χ4v) is 1.98. The van der Waals surface area contributed by atoms with Gasteiger partial charge in [0.1, 0.15) is 0 Å². The lowest BCUT2D eigenvalue weighted by molar-refractivity contribution is -0.143. The fourth-order valence-electron chi connectivity index (χ4n) is 1.53. The topological polar surface area (TPSA) is 55.4 Å². The Labute approximate surface area is 113 Å². The van der Waals surface area contributed by atoms with Gasteiger partial charge in [-0.25, -0.2) is 0 Å². The van der Waals surface area contributed by atoms with E-state index in [1.807, 2.05) is 13.8 Å². The highest BCUT2D eigenvalue weighted by Crippen LogP contribution is 2.01. The van der Waals surface area contributed by atoms with Crippen LogP contribution in [-0.4, -0.2) is 41.4 Å². The average molecular weight is 277 g/mol. The van der Waals surface area contributed by atoms with Crippen molar-refractivity contribution in [1.29, 1.82) is 0 Å². The van der Waals surface area contributed by atoms with E-state index in [-0.39, 0.29) is 11.2 Å². The van der Waals surface area contributed by atoms with E-state index in [4.69, 9.17) is 4.74 Å². The Bertz CT molecular complexity index is 246. The number of hydrogen-bond acceptors (Lipinski definition) is 4. The Morgan fingerprint density at radius 1 is 1.28 bits per heavy atom. The van der Waals surface area contributed by atoms with Crippen molar-refractivity contribution >= 4 is 16.8 Å². The maximum atomic E-state index is 11.1. The molecule has 2 unspecified atom stereocenters. The molecule has 4 nitrogen and oxygen atoms in total. The van der Waals surface area contributed by atoms with Gasteiger partial charge in [0.05, 0.1) is 6.61 Å². The third-order valence-electron chi connectivity index (χ3n) is 2.83. The Hall–Kier alpha value is -0.420. The molecule has 0 aromatic rings. The minimum atomic E-state index is -0.719. The van der Waals surface area contributed by atoms with Gasteiger partial charge >= 0.3 is 5.97 Å². The molecule has 108 valence electrons. The Balaban J connectivity index is 3.21. The molecule has 0 aliphatic carbocycles. The van der Waals surface area contributed by atoms with Crippen LogP contribution in [0.25, 0.3) is 0 Å². The van der Waals surface area contributed by atoms with Crippen molar-refractivity contribution in [3.8, 4) is 0 Å². The van der Waals surface area contributed by atoms with Gasteiger partial charge in [0.15, 0.2) is 0 Å². The molecule has 0 bridgehead atoms. The van der Waals surface area contributed by atoms with Gasteiger partial charge in [-0.15, -0.1) is 0 Å². The molecule has 2 atom stereocenters. The molecule has 0 radical (unpaired) electrons. The van der Waals surface area contributed by atoms with Crippen LogP contribution in [0.2, 0.25) is 0 Å². The quantitative estimate of drug-likeness (QED) is 0.462. The van der Waals surface area contributed by atoms with E-state index in [1.165, 1.54) is 0 Å². The third kappa shape index (κ3) is 10.7. The van der Waals surface area contributed by atoms with Crippen molar-refractivity contribution in [2.45, 2.75) is 51.2 Å². The molecule has 0 amide bonds. The van der Waals surface area contributed by atoms with Crippen molar-refractivity contribution in [2.24, 2.45) is 0 Å². The number of rotatable bonds is 11. The lowest BCUT2D eigenvalue weighted by Crippen LogP contribution is -2.22. The standard InChI is InChI=1S/C13H27NO3S/c1-4-17-13(15)8-6-5-7-10-14-11-9-12(2)18(3)16/h12,14H,4-11H2,1-3H3. The second kappa shape index (κ2) is 11.7. The number of carbonyl (C=O) groups is 1. The van der Waals surface area contributed by atoms with Crippen LogP contribution < -0.4 is 5.32 Å². The summed E-state index contributed by atoms with van der Waals surface area (Å²) in [6.07, 6.45) is 6.24. The van der Waals surface area contributed by atoms with Gasteiger partial charge in [-0.05, 0) is 39.3 Å². The molecule has 0 saturated heterocycles. The minimum absolute atomic E-state index is 0.0929. The van der Waals surface area contributed by atoms with Gasteiger partial charge in [0, 0.05) is 28.7 Å². The highest BCUT2D eigenvalue weighted by molar-refractivity contribution is 7.84. The van der Waals surface area contributed by atoms with Gasteiger partial charge in [-0.1, -0.05) is 13.3 Å². The zero-order valence-electron chi connectivity index (χ0n) is 11.9. The smallest absolute Gasteiger partial charge is 0.305 e. The Kier molecular flexibility index (Phi) is 11.4. The molecule has 5 heteroatoms. The van der Waals surface area contributed by atoms with Crippen LogP contribution in [0.15, 0.2) is 0 Å². The number of ether oxygens (including phenoxy) is 1. The van der Waals surface area contributed by atoms with Gasteiger partial charge in [0.2, 0.25) is 0 Å². The number of nitrogens with one attached hydrogen (secondary N) is 1. The highest BCUT2D eigenvalue weighted by Gasteiger charge is 2.04. The number of hydrogen-bond donors (Lipinski definition) is 1. The molecule has 0 aliphatic rings. The number of carbonyl (C=O) groups excluding carboxylic acids is 1. The first kappa shape index (κ1) is 17.6. The van der Waals surface area contributed by atoms with Crippen LogP contribution >= 0.6 is 0 Å². The highest BCUT2D eigenvalue weighted by atomic mass is 32.2. The summed E-state index contributed by atoms with van der Waals surface area (Å²) in [5, 5.41) is 3.60. The first-order chi connectivity index (χ1) is 8.57. The van der Waals surface area contributed by atoms with Gasteiger partial charge in [-0.2, -0.15) is 0 Å². The largest absolute Gasteiger partial charge is 0.466 e. The van der Waals surface area contributed by atoms with Crippen LogP contribution in [0.4, 0.5) is 0 Å². The molecular formula is C13H27NO3S.